The Balaban J connectivity index is 1.72. The van der Waals surface area contributed by atoms with E-state index >= 15 is 4.39 Å². The maximum atomic E-state index is 15.5. The smallest absolute Gasteiger partial charge is 0.155 e. The summed E-state index contributed by atoms with van der Waals surface area (Å²) in [5.41, 5.74) is 1.14. The number of carbonyl (C=O) groups excluding carboxylic acids is 1. The zero-order chi connectivity index (χ0) is 16.4. The molecular weight excluding hydrogens is 291 g/mol. The number of rotatable bonds is 1. The van der Waals surface area contributed by atoms with Crippen molar-refractivity contribution in [3.8, 4) is 0 Å². The summed E-state index contributed by atoms with van der Waals surface area (Å²) in [5, 5.41) is 0. The van der Waals surface area contributed by atoms with E-state index in [0.717, 1.165) is 25.7 Å². The maximum Gasteiger partial charge on any atom is 0.155 e. The first-order valence-corrected chi connectivity index (χ1v) is 9.31. The molecule has 0 aromatic heterocycles. The second-order valence-corrected chi connectivity index (χ2v) is 8.92. The van der Waals surface area contributed by atoms with Gasteiger partial charge >= 0.3 is 0 Å². The topological polar surface area (TPSA) is 26.3 Å². The van der Waals surface area contributed by atoms with Gasteiger partial charge in [-0.1, -0.05) is 19.4 Å². The quantitative estimate of drug-likeness (QED) is 0.712. The standard InChI is InChI=1S/C20H29FO2/c1-19-9-8-13(22)10-12(19)4-5-14-15-6-7-17(23-3)20(15,2)11-16(21)18(14)19/h10,14-18H,4-9,11H2,1-3H3/t14-,15-,16-,17-,18+,19-,20-/m0/s1. The molecule has 2 nitrogen and oxygen atoms in total. The molecule has 0 heterocycles. The molecule has 0 N–H and O–H groups in total. The first-order chi connectivity index (χ1) is 10.9. The van der Waals surface area contributed by atoms with Crippen molar-refractivity contribution in [2.75, 3.05) is 7.11 Å². The van der Waals surface area contributed by atoms with Gasteiger partial charge in [-0.3, -0.25) is 4.79 Å². The second kappa shape index (κ2) is 5.15. The number of halogens is 1. The summed E-state index contributed by atoms with van der Waals surface area (Å²) < 4.78 is 21.2. The van der Waals surface area contributed by atoms with Crippen molar-refractivity contribution in [3.63, 3.8) is 0 Å². The second-order valence-electron chi connectivity index (χ2n) is 8.92. The van der Waals surface area contributed by atoms with Crippen LogP contribution in [0.1, 0.15) is 58.8 Å². The SMILES string of the molecule is CO[C@H]1CC[C@H]2[C@@H]3CCC4=CC(=O)CC[C@]4(C)[C@H]3[C@@H](F)C[C@]12C. The molecule has 7 atom stereocenters. The van der Waals surface area contributed by atoms with Crippen LogP contribution >= 0.6 is 0 Å². The molecule has 4 aliphatic carbocycles. The third-order valence-corrected chi connectivity index (χ3v) is 8.05. The first-order valence-electron chi connectivity index (χ1n) is 9.31. The first kappa shape index (κ1) is 15.8. The van der Waals surface area contributed by atoms with Crippen LogP contribution in [0.25, 0.3) is 0 Å². The van der Waals surface area contributed by atoms with Crippen LogP contribution in [-0.2, 0) is 9.53 Å². The van der Waals surface area contributed by atoms with E-state index in [4.69, 9.17) is 4.74 Å². The molecule has 0 bridgehead atoms. The third kappa shape index (κ3) is 2.04. The van der Waals surface area contributed by atoms with Crippen LogP contribution in [0, 0.1) is 28.6 Å². The van der Waals surface area contributed by atoms with Crippen LogP contribution in [0.3, 0.4) is 0 Å². The molecule has 3 fully saturated rings. The molecule has 4 aliphatic rings. The number of fused-ring (bicyclic) bond motifs is 5. The molecule has 0 saturated heterocycles. The van der Waals surface area contributed by atoms with Gasteiger partial charge in [-0.05, 0) is 67.3 Å². The van der Waals surface area contributed by atoms with Gasteiger partial charge in [-0.15, -0.1) is 0 Å². The number of hydrogen-bond acceptors (Lipinski definition) is 2. The Labute approximate surface area is 138 Å². The lowest BCUT2D eigenvalue weighted by molar-refractivity contribution is -0.128. The van der Waals surface area contributed by atoms with E-state index < -0.39 is 6.17 Å². The molecule has 128 valence electrons. The van der Waals surface area contributed by atoms with Gasteiger partial charge in [0.25, 0.3) is 0 Å². The van der Waals surface area contributed by atoms with Crippen molar-refractivity contribution < 1.29 is 13.9 Å². The summed E-state index contributed by atoms with van der Waals surface area (Å²) in [6, 6.07) is 0. The lowest BCUT2D eigenvalue weighted by Gasteiger charge is -2.59. The largest absolute Gasteiger partial charge is 0.381 e. The van der Waals surface area contributed by atoms with Gasteiger partial charge in [0, 0.05) is 19.4 Å². The van der Waals surface area contributed by atoms with Gasteiger partial charge in [-0.25, -0.2) is 4.39 Å². The predicted molar refractivity (Wildman–Crippen MR) is 87.8 cm³/mol. The molecule has 0 unspecified atom stereocenters. The molecule has 0 radical (unpaired) electrons. The monoisotopic (exact) mass is 320 g/mol. The fourth-order valence-electron chi connectivity index (χ4n) is 6.96. The Morgan fingerprint density at radius 3 is 2.74 bits per heavy atom. The fourth-order valence-corrected chi connectivity index (χ4v) is 6.96. The van der Waals surface area contributed by atoms with Crippen molar-refractivity contribution in [1.29, 1.82) is 0 Å². The molecule has 4 rings (SSSR count). The van der Waals surface area contributed by atoms with Crippen LogP contribution < -0.4 is 0 Å². The van der Waals surface area contributed by atoms with Crippen molar-refractivity contribution in [3.05, 3.63) is 11.6 Å². The van der Waals surface area contributed by atoms with E-state index in [-0.39, 0.29) is 28.6 Å². The minimum atomic E-state index is -0.765. The maximum absolute atomic E-state index is 15.5. The lowest BCUT2D eigenvalue weighted by atomic mass is 9.47. The van der Waals surface area contributed by atoms with E-state index in [9.17, 15) is 4.79 Å². The van der Waals surface area contributed by atoms with E-state index in [1.807, 2.05) is 6.08 Å². The Kier molecular flexibility index (Phi) is 3.54. The number of ketones is 1. The molecule has 0 aromatic carbocycles. The van der Waals surface area contributed by atoms with E-state index in [1.165, 1.54) is 12.0 Å². The highest BCUT2D eigenvalue weighted by atomic mass is 19.1. The van der Waals surface area contributed by atoms with Gasteiger partial charge < -0.3 is 4.74 Å². The summed E-state index contributed by atoms with van der Waals surface area (Å²) in [5.74, 6) is 1.39. The van der Waals surface area contributed by atoms with Gasteiger partial charge in [0.15, 0.2) is 5.78 Å². The molecule has 0 spiro atoms. The Morgan fingerprint density at radius 2 is 2.00 bits per heavy atom. The van der Waals surface area contributed by atoms with Crippen molar-refractivity contribution >= 4 is 5.78 Å². The van der Waals surface area contributed by atoms with Crippen LogP contribution in [-0.4, -0.2) is 25.2 Å². The molecule has 3 saturated carbocycles. The highest BCUT2D eigenvalue weighted by Crippen LogP contribution is 2.66. The minimum absolute atomic E-state index is 0.00258. The Bertz CT molecular complexity index is 556. The van der Waals surface area contributed by atoms with Crippen LogP contribution in [0.15, 0.2) is 11.6 Å². The average Bonchev–Trinajstić information content (AvgIpc) is 2.83. The number of ether oxygens (including phenoxy) is 1. The van der Waals surface area contributed by atoms with E-state index in [1.54, 1.807) is 7.11 Å². The average molecular weight is 320 g/mol. The zero-order valence-corrected chi connectivity index (χ0v) is 14.6. The summed E-state index contributed by atoms with van der Waals surface area (Å²) in [6.07, 6.45) is 7.67. The summed E-state index contributed by atoms with van der Waals surface area (Å²) >= 11 is 0. The Hall–Kier alpha value is -0.700. The van der Waals surface area contributed by atoms with Crippen molar-refractivity contribution in [2.24, 2.45) is 28.6 Å². The molecule has 23 heavy (non-hydrogen) atoms. The molecule has 3 heteroatoms. The lowest BCUT2D eigenvalue weighted by Crippen LogP contribution is -2.56. The van der Waals surface area contributed by atoms with Gasteiger partial charge in [-0.2, -0.15) is 0 Å². The number of hydrogen-bond donors (Lipinski definition) is 0. The molecule has 0 aliphatic heterocycles. The van der Waals surface area contributed by atoms with Gasteiger partial charge in [0.1, 0.15) is 6.17 Å². The summed E-state index contributed by atoms with van der Waals surface area (Å²) in [6.45, 7) is 4.50. The van der Waals surface area contributed by atoms with Gasteiger partial charge in [0.2, 0.25) is 0 Å². The number of carbonyl (C=O) groups is 1. The highest BCUT2D eigenvalue weighted by Gasteiger charge is 2.62. The highest BCUT2D eigenvalue weighted by molar-refractivity contribution is 5.91. The van der Waals surface area contributed by atoms with Gasteiger partial charge in [0.05, 0.1) is 6.10 Å². The number of allylic oxidation sites excluding steroid dienone is 1. The summed E-state index contributed by atoms with van der Waals surface area (Å²) in [7, 11) is 1.79. The number of alkyl halides is 1. The van der Waals surface area contributed by atoms with Crippen LogP contribution in [0.2, 0.25) is 0 Å². The normalized spacial score (nSPS) is 52.4. The van der Waals surface area contributed by atoms with Crippen molar-refractivity contribution in [2.45, 2.75) is 71.1 Å². The number of methoxy groups -OCH3 is 1. The minimum Gasteiger partial charge on any atom is -0.381 e. The predicted octanol–water partition coefficient (Wildman–Crippen LogP) is 4.48. The molecule has 0 amide bonds. The van der Waals surface area contributed by atoms with E-state index in [2.05, 4.69) is 13.8 Å². The zero-order valence-electron chi connectivity index (χ0n) is 14.6. The summed E-state index contributed by atoms with van der Waals surface area (Å²) in [4.78, 5) is 11.8. The third-order valence-electron chi connectivity index (χ3n) is 8.05. The molecule has 0 aromatic rings. The fraction of sp³-hybridized carbons (Fsp3) is 0.850. The Morgan fingerprint density at radius 1 is 1.22 bits per heavy atom. The van der Waals surface area contributed by atoms with Crippen LogP contribution in [0.4, 0.5) is 4.39 Å². The van der Waals surface area contributed by atoms with Crippen molar-refractivity contribution in [1.82, 2.24) is 0 Å². The van der Waals surface area contributed by atoms with E-state index in [0.29, 0.717) is 24.7 Å². The van der Waals surface area contributed by atoms with Crippen LogP contribution in [0.5, 0.6) is 0 Å². The molecular formula is C20H29FO2.